The number of rotatable bonds is 1. The van der Waals surface area contributed by atoms with E-state index in [1.165, 1.54) is 25.0 Å². The lowest BCUT2D eigenvalue weighted by molar-refractivity contribution is -0.137. The molecule has 18 heavy (non-hydrogen) atoms. The van der Waals surface area contributed by atoms with Crippen LogP contribution < -0.4 is 0 Å². The van der Waals surface area contributed by atoms with Crippen molar-refractivity contribution in [2.75, 3.05) is 0 Å². The van der Waals surface area contributed by atoms with E-state index >= 15 is 0 Å². The van der Waals surface area contributed by atoms with Crippen molar-refractivity contribution in [1.29, 1.82) is 0 Å². The van der Waals surface area contributed by atoms with E-state index in [1.807, 2.05) is 6.20 Å². The zero-order valence-corrected chi connectivity index (χ0v) is 9.85. The predicted molar refractivity (Wildman–Crippen MR) is 64.5 cm³/mol. The van der Waals surface area contributed by atoms with Gasteiger partial charge in [0.25, 0.3) is 0 Å². The monoisotopic (exact) mass is 253 g/mol. The van der Waals surface area contributed by atoms with Crippen molar-refractivity contribution in [3.8, 4) is 0 Å². The van der Waals surface area contributed by atoms with Gasteiger partial charge in [-0.1, -0.05) is 12.8 Å². The van der Waals surface area contributed by atoms with E-state index in [4.69, 9.17) is 0 Å². The van der Waals surface area contributed by atoms with Crippen LogP contribution in [0.5, 0.6) is 0 Å². The summed E-state index contributed by atoms with van der Waals surface area (Å²) in [5.41, 5.74) is 1.28. The quantitative estimate of drug-likeness (QED) is 0.748. The molecule has 0 amide bonds. The first-order valence-corrected chi connectivity index (χ1v) is 6.24. The number of aromatic amines is 1. The fourth-order valence-corrected chi connectivity index (χ4v) is 2.89. The van der Waals surface area contributed by atoms with Gasteiger partial charge in [0, 0.05) is 17.1 Å². The number of hydrogen-bond donors (Lipinski definition) is 1. The standard InChI is InChI=1S/C14H14F3N/c15-14(16,17)10-5-6-13-11(7-10)12(8-18-13)9-3-1-2-4-9/h5-9,18H,1-4H2. The lowest BCUT2D eigenvalue weighted by Gasteiger charge is -2.10. The molecule has 4 heteroatoms. The van der Waals surface area contributed by atoms with Crippen LogP contribution in [0.15, 0.2) is 24.4 Å². The summed E-state index contributed by atoms with van der Waals surface area (Å²) in [5, 5.41) is 0.733. The van der Waals surface area contributed by atoms with E-state index in [0.717, 1.165) is 35.4 Å². The van der Waals surface area contributed by atoms with Crippen LogP contribution in [0.1, 0.15) is 42.7 Å². The molecule has 1 heterocycles. The number of hydrogen-bond acceptors (Lipinski definition) is 0. The van der Waals surface area contributed by atoms with Gasteiger partial charge in [0.05, 0.1) is 5.56 Å². The summed E-state index contributed by atoms with van der Waals surface area (Å²) in [5.74, 6) is 0.419. The number of benzene rings is 1. The fraction of sp³-hybridized carbons (Fsp3) is 0.429. The number of H-pyrrole nitrogens is 1. The lowest BCUT2D eigenvalue weighted by atomic mass is 9.96. The summed E-state index contributed by atoms with van der Waals surface area (Å²) in [4.78, 5) is 3.08. The maximum Gasteiger partial charge on any atom is 0.416 e. The van der Waals surface area contributed by atoms with Crippen molar-refractivity contribution >= 4 is 10.9 Å². The third-order valence-electron chi connectivity index (χ3n) is 3.84. The van der Waals surface area contributed by atoms with Gasteiger partial charge in [0.2, 0.25) is 0 Å². The smallest absolute Gasteiger partial charge is 0.361 e. The SMILES string of the molecule is FC(F)(F)c1ccc2[nH]cc(C3CCCC3)c2c1. The van der Waals surface area contributed by atoms with Crippen LogP contribution in [0, 0.1) is 0 Å². The molecule has 1 aromatic heterocycles. The van der Waals surface area contributed by atoms with Gasteiger partial charge in [-0.2, -0.15) is 13.2 Å². The van der Waals surface area contributed by atoms with E-state index in [2.05, 4.69) is 4.98 Å². The molecule has 1 nitrogen and oxygen atoms in total. The van der Waals surface area contributed by atoms with Gasteiger partial charge in [0.1, 0.15) is 0 Å². The van der Waals surface area contributed by atoms with Gasteiger partial charge in [-0.15, -0.1) is 0 Å². The van der Waals surface area contributed by atoms with Gasteiger partial charge < -0.3 is 4.98 Å². The highest BCUT2D eigenvalue weighted by molar-refractivity contribution is 5.84. The van der Waals surface area contributed by atoms with E-state index in [1.54, 1.807) is 0 Å². The Morgan fingerprint density at radius 3 is 2.50 bits per heavy atom. The van der Waals surface area contributed by atoms with E-state index < -0.39 is 11.7 Å². The number of halogens is 3. The van der Waals surface area contributed by atoms with Crippen LogP contribution in [0.4, 0.5) is 13.2 Å². The molecule has 0 radical (unpaired) electrons. The van der Waals surface area contributed by atoms with Gasteiger partial charge in [-0.25, -0.2) is 0 Å². The van der Waals surface area contributed by atoms with E-state index in [9.17, 15) is 13.2 Å². The Kier molecular flexibility index (Phi) is 2.61. The fourth-order valence-electron chi connectivity index (χ4n) is 2.89. The Morgan fingerprint density at radius 1 is 1.11 bits per heavy atom. The first-order chi connectivity index (χ1) is 8.55. The third kappa shape index (κ3) is 1.89. The molecule has 0 bridgehead atoms. The van der Waals surface area contributed by atoms with Crippen molar-refractivity contribution in [1.82, 2.24) is 4.98 Å². The normalized spacial score (nSPS) is 17.7. The molecule has 1 aromatic carbocycles. The van der Waals surface area contributed by atoms with Crippen LogP contribution in [0.3, 0.4) is 0 Å². The topological polar surface area (TPSA) is 15.8 Å². The van der Waals surface area contributed by atoms with Crippen molar-refractivity contribution in [2.45, 2.75) is 37.8 Å². The molecule has 0 spiro atoms. The van der Waals surface area contributed by atoms with Gasteiger partial charge in [-0.05, 0) is 42.5 Å². The molecule has 0 saturated heterocycles. The van der Waals surface area contributed by atoms with Crippen LogP contribution >= 0.6 is 0 Å². The van der Waals surface area contributed by atoms with Gasteiger partial charge >= 0.3 is 6.18 Å². The lowest BCUT2D eigenvalue weighted by Crippen LogP contribution is -2.04. The molecule has 0 aliphatic heterocycles. The van der Waals surface area contributed by atoms with Crippen LogP contribution in [-0.4, -0.2) is 4.98 Å². The summed E-state index contributed by atoms with van der Waals surface area (Å²) >= 11 is 0. The zero-order valence-electron chi connectivity index (χ0n) is 9.85. The summed E-state index contributed by atoms with van der Waals surface area (Å²) < 4.78 is 38.2. The summed E-state index contributed by atoms with van der Waals surface area (Å²) in [7, 11) is 0. The van der Waals surface area contributed by atoms with E-state index in [-0.39, 0.29) is 0 Å². The minimum Gasteiger partial charge on any atom is -0.361 e. The second-order valence-electron chi connectivity index (χ2n) is 4.98. The minimum atomic E-state index is -4.27. The maximum absolute atomic E-state index is 12.7. The third-order valence-corrected chi connectivity index (χ3v) is 3.84. The Labute approximate surface area is 103 Å². The molecule has 1 aliphatic rings. The molecule has 2 aromatic rings. The Morgan fingerprint density at radius 2 is 1.83 bits per heavy atom. The largest absolute Gasteiger partial charge is 0.416 e. The Balaban J connectivity index is 2.10. The Bertz CT molecular complexity index is 562. The van der Waals surface area contributed by atoms with Crippen LogP contribution in [0.2, 0.25) is 0 Å². The molecule has 0 unspecified atom stereocenters. The minimum absolute atomic E-state index is 0.419. The second kappa shape index (κ2) is 4.04. The van der Waals surface area contributed by atoms with Crippen LogP contribution in [-0.2, 0) is 6.18 Å². The molecular formula is C14H14F3N. The molecule has 96 valence electrons. The summed E-state index contributed by atoms with van der Waals surface area (Å²) in [6.07, 6.45) is 2.14. The molecule has 1 N–H and O–H groups in total. The molecule has 3 rings (SSSR count). The number of aromatic nitrogens is 1. The first-order valence-electron chi connectivity index (χ1n) is 6.24. The molecule has 1 saturated carbocycles. The van der Waals surface area contributed by atoms with Crippen molar-refractivity contribution in [2.24, 2.45) is 0 Å². The predicted octanol–water partition coefficient (Wildman–Crippen LogP) is 4.84. The second-order valence-corrected chi connectivity index (χ2v) is 4.98. The molecular weight excluding hydrogens is 239 g/mol. The van der Waals surface area contributed by atoms with Crippen molar-refractivity contribution < 1.29 is 13.2 Å². The van der Waals surface area contributed by atoms with Crippen molar-refractivity contribution in [3.05, 3.63) is 35.5 Å². The molecule has 1 fully saturated rings. The molecule has 0 atom stereocenters. The highest BCUT2D eigenvalue weighted by Crippen LogP contribution is 2.39. The van der Waals surface area contributed by atoms with Gasteiger partial charge in [0.15, 0.2) is 0 Å². The number of alkyl halides is 3. The highest BCUT2D eigenvalue weighted by Gasteiger charge is 2.31. The van der Waals surface area contributed by atoms with Crippen LogP contribution in [0.25, 0.3) is 10.9 Å². The average molecular weight is 253 g/mol. The van der Waals surface area contributed by atoms with Crippen molar-refractivity contribution in [3.63, 3.8) is 0 Å². The zero-order chi connectivity index (χ0) is 12.8. The Hall–Kier alpha value is -1.45. The average Bonchev–Trinajstić information content (AvgIpc) is 2.95. The first kappa shape index (κ1) is 11.6. The molecule has 1 aliphatic carbocycles. The summed E-state index contributed by atoms with van der Waals surface area (Å²) in [6.45, 7) is 0. The summed E-state index contributed by atoms with van der Waals surface area (Å²) in [6, 6.07) is 3.94. The van der Waals surface area contributed by atoms with E-state index in [0.29, 0.717) is 5.92 Å². The number of nitrogens with one attached hydrogen (secondary N) is 1. The maximum atomic E-state index is 12.7. The number of fused-ring (bicyclic) bond motifs is 1. The highest BCUT2D eigenvalue weighted by atomic mass is 19.4. The van der Waals surface area contributed by atoms with Gasteiger partial charge in [-0.3, -0.25) is 0 Å².